The van der Waals surface area contributed by atoms with Crippen LogP contribution < -0.4 is 0 Å². The van der Waals surface area contributed by atoms with Crippen LogP contribution in [0.2, 0.25) is 0 Å². The van der Waals surface area contributed by atoms with Crippen molar-refractivity contribution in [2.45, 2.75) is 17.5 Å². The lowest BCUT2D eigenvalue weighted by atomic mass is 10.5. The highest BCUT2D eigenvalue weighted by molar-refractivity contribution is 8.02. The molecule has 10 heavy (non-hydrogen) atoms. The van der Waals surface area contributed by atoms with Crippen molar-refractivity contribution in [3.8, 4) is 0 Å². The second kappa shape index (κ2) is 3.05. The molecule has 0 aromatic rings. The van der Waals surface area contributed by atoms with Crippen LogP contribution in [0.5, 0.6) is 0 Å². The van der Waals surface area contributed by atoms with Crippen molar-refractivity contribution in [2.75, 3.05) is 7.11 Å². The first-order chi connectivity index (χ1) is 4.74. The van der Waals surface area contributed by atoms with Crippen molar-refractivity contribution < 1.29 is 9.53 Å². The largest absolute Gasteiger partial charge is 0.467 e. The summed E-state index contributed by atoms with van der Waals surface area (Å²) in [7, 11) is 1.38. The Morgan fingerprint density at radius 3 is 2.90 bits per heavy atom. The molecule has 0 aromatic heterocycles. The second-order valence-corrected chi connectivity index (χ2v) is 3.48. The van der Waals surface area contributed by atoms with Gasteiger partial charge >= 0.3 is 5.97 Å². The van der Waals surface area contributed by atoms with E-state index in [1.54, 1.807) is 6.21 Å². The summed E-state index contributed by atoms with van der Waals surface area (Å²) >= 11 is 1.50. The molecule has 2 atom stereocenters. The van der Waals surface area contributed by atoms with Crippen LogP contribution in [0.15, 0.2) is 4.99 Å². The van der Waals surface area contributed by atoms with Gasteiger partial charge in [0.25, 0.3) is 0 Å². The van der Waals surface area contributed by atoms with Crippen LogP contribution in [-0.4, -0.2) is 29.9 Å². The molecule has 0 spiro atoms. The van der Waals surface area contributed by atoms with Gasteiger partial charge in [0.2, 0.25) is 0 Å². The lowest BCUT2D eigenvalue weighted by Crippen LogP contribution is -2.14. The lowest BCUT2D eigenvalue weighted by Gasteiger charge is -2.03. The summed E-state index contributed by atoms with van der Waals surface area (Å²) in [5.74, 6) is -0.259. The van der Waals surface area contributed by atoms with Crippen molar-refractivity contribution >= 4 is 23.9 Å². The molecule has 0 amide bonds. The summed E-state index contributed by atoms with van der Waals surface area (Å²) in [5, 5.41) is 0.0177. The van der Waals surface area contributed by atoms with Gasteiger partial charge in [-0.3, -0.25) is 4.99 Å². The zero-order chi connectivity index (χ0) is 7.56. The molecule has 0 saturated carbocycles. The van der Waals surface area contributed by atoms with E-state index in [0.29, 0.717) is 5.25 Å². The zero-order valence-electron chi connectivity index (χ0n) is 5.90. The van der Waals surface area contributed by atoms with Crippen LogP contribution in [-0.2, 0) is 9.53 Å². The molecule has 0 bridgehead atoms. The number of aliphatic imine (C=N–C) groups is 1. The Kier molecular flexibility index (Phi) is 2.32. The fourth-order valence-corrected chi connectivity index (χ4v) is 1.59. The number of hydrogen-bond donors (Lipinski definition) is 0. The average Bonchev–Trinajstić information content (AvgIpc) is 2.34. The summed E-state index contributed by atoms with van der Waals surface area (Å²) in [6, 6.07) is 0. The third kappa shape index (κ3) is 1.50. The SMILES string of the molecule is COC(=O)[C@@H]1N=C[C@@H](C)S1. The summed E-state index contributed by atoms with van der Waals surface area (Å²) < 4.78 is 4.51. The van der Waals surface area contributed by atoms with E-state index in [9.17, 15) is 4.79 Å². The minimum atomic E-state index is -0.319. The average molecular weight is 159 g/mol. The quantitative estimate of drug-likeness (QED) is 0.528. The minimum Gasteiger partial charge on any atom is -0.467 e. The van der Waals surface area contributed by atoms with E-state index in [0.717, 1.165) is 0 Å². The highest BCUT2D eigenvalue weighted by atomic mass is 32.2. The summed E-state index contributed by atoms with van der Waals surface area (Å²) in [5.41, 5.74) is 0. The van der Waals surface area contributed by atoms with Gasteiger partial charge in [0.15, 0.2) is 5.37 Å². The normalized spacial score (nSPS) is 30.6. The van der Waals surface area contributed by atoms with Gasteiger partial charge in [-0.15, -0.1) is 11.8 Å². The standard InChI is InChI=1S/C6H9NO2S/c1-4-3-7-5(10-4)6(8)9-2/h3-5H,1-2H3/t4-,5-/m1/s1. The zero-order valence-corrected chi connectivity index (χ0v) is 6.72. The molecule has 0 fully saturated rings. The Labute approximate surface area is 63.9 Å². The second-order valence-electron chi connectivity index (χ2n) is 2.01. The summed E-state index contributed by atoms with van der Waals surface area (Å²) in [6.07, 6.45) is 1.77. The Morgan fingerprint density at radius 1 is 1.80 bits per heavy atom. The van der Waals surface area contributed by atoms with Crippen LogP contribution in [0, 0.1) is 0 Å². The Balaban J connectivity index is 2.46. The Hall–Kier alpha value is -0.510. The minimum absolute atomic E-state index is 0.259. The van der Waals surface area contributed by atoms with Crippen LogP contribution in [0.25, 0.3) is 0 Å². The molecule has 0 aliphatic carbocycles. The molecule has 0 saturated heterocycles. The lowest BCUT2D eigenvalue weighted by molar-refractivity contribution is -0.139. The van der Waals surface area contributed by atoms with Gasteiger partial charge in [-0.1, -0.05) is 0 Å². The number of ether oxygens (including phenoxy) is 1. The summed E-state index contributed by atoms with van der Waals surface area (Å²) in [6.45, 7) is 2.00. The van der Waals surface area contributed by atoms with Gasteiger partial charge < -0.3 is 4.74 Å². The molecule has 1 heterocycles. The smallest absolute Gasteiger partial charge is 0.341 e. The summed E-state index contributed by atoms with van der Waals surface area (Å²) in [4.78, 5) is 14.8. The first-order valence-corrected chi connectivity index (χ1v) is 3.95. The number of rotatable bonds is 1. The molecule has 1 aliphatic heterocycles. The molecule has 0 N–H and O–H groups in total. The van der Waals surface area contributed by atoms with Crippen molar-refractivity contribution in [2.24, 2.45) is 4.99 Å². The molecule has 3 nitrogen and oxygen atoms in total. The first kappa shape index (κ1) is 7.60. The molecule has 1 rings (SSSR count). The van der Waals surface area contributed by atoms with Crippen LogP contribution in [0.1, 0.15) is 6.92 Å². The third-order valence-corrected chi connectivity index (χ3v) is 2.30. The van der Waals surface area contributed by atoms with E-state index >= 15 is 0 Å². The van der Waals surface area contributed by atoms with Crippen molar-refractivity contribution in [1.82, 2.24) is 0 Å². The number of esters is 1. The molecule has 0 unspecified atom stereocenters. The highest BCUT2D eigenvalue weighted by Gasteiger charge is 2.24. The number of carbonyl (C=O) groups excluding carboxylic acids is 1. The maximum atomic E-state index is 10.8. The van der Waals surface area contributed by atoms with E-state index in [4.69, 9.17) is 0 Å². The Morgan fingerprint density at radius 2 is 2.50 bits per heavy atom. The van der Waals surface area contributed by atoms with E-state index < -0.39 is 0 Å². The maximum absolute atomic E-state index is 10.8. The molecule has 4 heteroatoms. The van der Waals surface area contributed by atoms with E-state index in [-0.39, 0.29) is 11.3 Å². The number of nitrogens with zero attached hydrogens (tertiary/aromatic N) is 1. The van der Waals surface area contributed by atoms with E-state index in [1.807, 2.05) is 6.92 Å². The molecule has 56 valence electrons. The van der Waals surface area contributed by atoms with Crippen molar-refractivity contribution in [3.63, 3.8) is 0 Å². The first-order valence-electron chi connectivity index (χ1n) is 3.00. The van der Waals surface area contributed by atoms with Gasteiger partial charge in [-0.05, 0) is 6.92 Å². The van der Waals surface area contributed by atoms with E-state index in [1.165, 1.54) is 18.9 Å². The number of thioether (sulfide) groups is 1. The molecule has 0 aromatic carbocycles. The van der Waals surface area contributed by atoms with Crippen molar-refractivity contribution in [3.05, 3.63) is 0 Å². The van der Waals surface area contributed by atoms with Gasteiger partial charge in [0.1, 0.15) is 0 Å². The van der Waals surface area contributed by atoms with E-state index in [2.05, 4.69) is 9.73 Å². The monoisotopic (exact) mass is 159 g/mol. The molecular weight excluding hydrogens is 150 g/mol. The fraction of sp³-hybridized carbons (Fsp3) is 0.667. The third-order valence-electron chi connectivity index (χ3n) is 1.18. The van der Waals surface area contributed by atoms with Gasteiger partial charge in [0, 0.05) is 11.5 Å². The number of hydrogen-bond acceptors (Lipinski definition) is 4. The fourth-order valence-electron chi connectivity index (χ4n) is 0.690. The predicted molar refractivity (Wildman–Crippen MR) is 41.3 cm³/mol. The number of carbonyl (C=O) groups is 1. The molecular formula is C6H9NO2S. The topological polar surface area (TPSA) is 38.7 Å². The van der Waals surface area contributed by atoms with Crippen LogP contribution >= 0.6 is 11.8 Å². The van der Waals surface area contributed by atoms with Crippen LogP contribution in [0.4, 0.5) is 0 Å². The number of methoxy groups -OCH3 is 1. The van der Waals surface area contributed by atoms with Gasteiger partial charge in [-0.2, -0.15) is 0 Å². The van der Waals surface area contributed by atoms with Crippen LogP contribution in [0.3, 0.4) is 0 Å². The Bertz CT molecular complexity index is 169. The highest BCUT2D eigenvalue weighted by Crippen LogP contribution is 2.23. The predicted octanol–water partition coefficient (Wildman–Crippen LogP) is 0.692. The molecule has 0 radical (unpaired) electrons. The maximum Gasteiger partial charge on any atom is 0.341 e. The van der Waals surface area contributed by atoms with Gasteiger partial charge in [-0.25, -0.2) is 4.79 Å². The van der Waals surface area contributed by atoms with Gasteiger partial charge in [0.05, 0.1) is 7.11 Å². The van der Waals surface area contributed by atoms with Crippen molar-refractivity contribution in [1.29, 1.82) is 0 Å². The molecule has 1 aliphatic rings.